The van der Waals surface area contributed by atoms with Crippen molar-refractivity contribution in [2.24, 2.45) is 17.8 Å². The first-order chi connectivity index (χ1) is 7.90. The van der Waals surface area contributed by atoms with Crippen molar-refractivity contribution in [2.45, 2.75) is 45.4 Å². The van der Waals surface area contributed by atoms with Crippen LogP contribution in [0.1, 0.15) is 45.4 Å². The van der Waals surface area contributed by atoms with Crippen LogP contribution in [0, 0.1) is 17.8 Å². The van der Waals surface area contributed by atoms with Crippen molar-refractivity contribution in [3.8, 4) is 0 Å². The second kappa shape index (κ2) is 6.61. The summed E-state index contributed by atoms with van der Waals surface area (Å²) in [5.41, 5.74) is 0. The molecular weight excluding hydrogens is 198 g/mol. The van der Waals surface area contributed by atoms with Crippen LogP contribution in [0.5, 0.6) is 0 Å². The number of nitrogens with one attached hydrogen (secondary N) is 1. The lowest BCUT2D eigenvalue weighted by Crippen LogP contribution is -2.31. The van der Waals surface area contributed by atoms with Crippen LogP contribution < -0.4 is 5.32 Å². The molecule has 0 saturated heterocycles. The molecule has 1 unspecified atom stereocenters. The van der Waals surface area contributed by atoms with Crippen LogP contribution in [0.25, 0.3) is 0 Å². The van der Waals surface area contributed by atoms with Gasteiger partial charge in [-0.1, -0.05) is 32.6 Å². The minimum absolute atomic E-state index is 0.765. The highest BCUT2D eigenvalue weighted by atomic mass is 16.5. The summed E-state index contributed by atoms with van der Waals surface area (Å²) in [4.78, 5) is 0. The van der Waals surface area contributed by atoms with E-state index in [0.717, 1.165) is 44.1 Å². The number of hydrogen-bond donors (Lipinski definition) is 1. The Kier molecular flexibility index (Phi) is 5.11. The Hall–Kier alpha value is -0.0800. The maximum Gasteiger partial charge on any atom is 0.0509 e. The summed E-state index contributed by atoms with van der Waals surface area (Å²) in [5.74, 6) is 2.60. The van der Waals surface area contributed by atoms with E-state index in [0.29, 0.717) is 0 Å². The van der Waals surface area contributed by atoms with Crippen molar-refractivity contribution < 1.29 is 4.74 Å². The zero-order valence-electron chi connectivity index (χ0n) is 10.7. The molecule has 16 heavy (non-hydrogen) atoms. The minimum atomic E-state index is 0.765. The number of rotatable bonds is 8. The summed E-state index contributed by atoms with van der Waals surface area (Å²) in [7, 11) is 0. The molecule has 0 aromatic rings. The Labute approximate surface area is 100 Å². The van der Waals surface area contributed by atoms with Crippen LogP contribution in [0.3, 0.4) is 0 Å². The molecule has 2 rings (SSSR count). The van der Waals surface area contributed by atoms with Gasteiger partial charge in [0.25, 0.3) is 0 Å². The van der Waals surface area contributed by atoms with E-state index in [1.165, 1.54) is 38.5 Å². The number of ether oxygens (including phenoxy) is 1. The van der Waals surface area contributed by atoms with Gasteiger partial charge >= 0.3 is 0 Å². The van der Waals surface area contributed by atoms with Crippen molar-refractivity contribution in [1.82, 2.24) is 5.32 Å². The molecule has 0 spiro atoms. The summed E-state index contributed by atoms with van der Waals surface area (Å²) in [5, 5.41) is 3.50. The molecule has 2 heteroatoms. The normalized spacial score (nSPS) is 23.8. The highest BCUT2D eigenvalue weighted by Gasteiger charge is 2.26. The smallest absolute Gasteiger partial charge is 0.0509 e. The molecule has 0 aromatic heterocycles. The first-order valence-corrected chi connectivity index (χ1v) is 7.18. The first kappa shape index (κ1) is 12.4. The Morgan fingerprint density at radius 3 is 2.56 bits per heavy atom. The summed E-state index contributed by atoms with van der Waals surface area (Å²) in [6.07, 6.45) is 8.56. The maximum atomic E-state index is 5.89. The highest BCUT2D eigenvalue weighted by molar-refractivity contribution is 4.78. The van der Waals surface area contributed by atoms with E-state index in [1.807, 2.05) is 0 Å². The van der Waals surface area contributed by atoms with Crippen molar-refractivity contribution in [3.05, 3.63) is 0 Å². The van der Waals surface area contributed by atoms with Gasteiger partial charge in [-0.05, 0) is 37.1 Å². The van der Waals surface area contributed by atoms with Crippen LogP contribution in [0.4, 0.5) is 0 Å². The SMILES string of the molecule is CCNCC(COCC1CC1)C1CCCC1. The molecule has 1 atom stereocenters. The van der Waals surface area contributed by atoms with Gasteiger partial charge < -0.3 is 10.1 Å². The first-order valence-electron chi connectivity index (χ1n) is 7.18. The third-order valence-corrected chi connectivity index (χ3v) is 4.11. The van der Waals surface area contributed by atoms with Crippen molar-refractivity contribution in [1.29, 1.82) is 0 Å². The van der Waals surface area contributed by atoms with Crippen LogP contribution in [-0.4, -0.2) is 26.3 Å². The van der Waals surface area contributed by atoms with Crippen molar-refractivity contribution in [3.63, 3.8) is 0 Å². The second-order valence-electron chi connectivity index (χ2n) is 5.59. The topological polar surface area (TPSA) is 21.3 Å². The molecule has 0 bridgehead atoms. The Morgan fingerprint density at radius 2 is 1.94 bits per heavy atom. The second-order valence-corrected chi connectivity index (χ2v) is 5.59. The fourth-order valence-corrected chi connectivity index (χ4v) is 2.79. The Balaban J connectivity index is 1.66. The lowest BCUT2D eigenvalue weighted by molar-refractivity contribution is 0.0706. The predicted octanol–water partition coefficient (Wildman–Crippen LogP) is 2.83. The fraction of sp³-hybridized carbons (Fsp3) is 1.00. The van der Waals surface area contributed by atoms with Gasteiger partial charge in [-0.3, -0.25) is 0 Å². The summed E-state index contributed by atoms with van der Waals surface area (Å²) < 4.78 is 5.89. The molecular formula is C14H27NO. The molecule has 0 heterocycles. The molecule has 94 valence electrons. The zero-order chi connectivity index (χ0) is 11.2. The standard InChI is InChI=1S/C14H27NO/c1-2-15-9-14(13-5-3-4-6-13)11-16-10-12-7-8-12/h12-15H,2-11H2,1H3. The van der Waals surface area contributed by atoms with Gasteiger partial charge in [-0.15, -0.1) is 0 Å². The maximum absolute atomic E-state index is 5.89. The van der Waals surface area contributed by atoms with Crippen LogP contribution in [0.15, 0.2) is 0 Å². The van der Waals surface area contributed by atoms with E-state index in [4.69, 9.17) is 4.74 Å². The van der Waals surface area contributed by atoms with Gasteiger partial charge in [0.1, 0.15) is 0 Å². The van der Waals surface area contributed by atoms with Crippen LogP contribution >= 0.6 is 0 Å². The Morgan fingerprint density at radius 1 is 1.19 bits per heavy atom. The molecule has 2 nitrogen and oxygen atoms in total. The average Bonchev–Trinajstić information content (AvgIpc) is 2.95. The fourth-order valence-electron chi connectivity index (χ4n) is 2.79. The average molecular weight is 225 g/mol. The monoisotopic (exact) mass is 225 g/mol. The largest absolute Gasteiger partial charge is 0.381 e. The molecule has 2 fully saturated rings. The molecule has 0 amide bonds. The van der Waals surface area contributed by atoms with E-state index >= 15 is 0 Å². The van der Waals surface area contributed by atoms with Gasteiger partial charge in [0, 0.05) is 13.2 Å². The van der Waals surface area contributed by atoms with Crippen molar-refractivity contribution in [2.75, 3.05) is 26.3 Å². The van der Waals surface area contributed by atoms with E-state index in [2.05, 4.69) is 12.2 Å². The van der Waals surface area contributed by atoms with E-state index in [1.54, 1.807) is 0 Å². The minimum Gasteiger partial charge on any atom is -0.381 e. The lowest BCUT2D eigenvalue weighted by atomic mass is 9.91. The summed E-state index contributed by atoms with van der Waals surface area (Å²) in [6, 6.07) is 0. The molecule has 0 aliphatic heterocycles. The molecule has 2 saturated carbocycles. The molecule has 0 aromatic carbocycles. The predicted molar refractivity (Wildman–Crippen MR) is 67.5 cm³/mol. The van der Waals surface area contributed by atoms with Gasteiger partial charge in [-0.25, -0.2) is 0 Å². The third-order valence-electron chi connectivity index (χ3n) is 4.11. The van der Waals surface area contributed by atoms with Crippen LogP contribution in [-0.2, 0) is 4.74 Å². The molecule has 2 aliphatic carbocycles. The summed E-state index contributed by atoms with van der Waals surface area (Å²) >= 11 is 0. The third kappa shape index (κ3) is 4.06. The van der Waals surface area contributed by atoms with E-state index in [9.17, 15) is 0 Å². The van der Waals surface area contributed by atoms with E-state index < -0.39 is 0 Å². The van der Waals surface area contributed by atoms with Crippen molar-refractivity contribution >= 4 is 0 Å². The molecule has 2 aliphatic rings. The quantitative estimate of drug-likeness (QED) is 0.686. The lowest BCUT2D eigenvalue weighted by Gasteiger charge is -2.23. The summed E-state index contributed by atoms with van der Waals surface area (Å²) in [6.45, 7) is 6.46. The van der Waals surface area contributed by atoms with Gasteiger partial charge in [0.05, 0.1) is 6.61 Å². The van der Waals surface area contributed by atoms with E-state index in [-0.39, 0.29) is 0 Å². The number of hydrogen-bond acceptors (Lipinski definition) is 2. The highest BCUT2D eigenvalue weighted by Crippen LogP contribution is 2.32. The molecule has 0 radical (unpaired) electrons. The Bertz CT molecular complexity index is 185. The zero-order valence-corrected chi connectivity index (χ0v) is 10.7. The molecule has 1 N–H and O–H groups in total. The van der Waals surface area contributed by atoms with Gasteiger partial charge in [0.15, 0.2) is 0 Å². The van der Waals surface area contributed by atoms with Gasteiger partial charge in [-0.2, -0.15) is 0 Å². The van der Waals surface area contributed by atoms with Crippen LogP contribution in [0.2, 0.25) is 0 Å². The van der Waals surface area contributed by atoms with Gasteiger partial charge in [0.2, 0.25) is 0 Å².